The molecule has 0 aliphatic rings. The highest BCUT2D eigenvalue weighted by atomic mass is 32.1. The maximum Gasteiger partial charge on any atom is 0.158 e. The van der Waals surface area contributed by atoms with Gasteiger partial charge < -0.3 is 15.8 Å². The van der Waals surface area contributed by atoms with Gasteiger partial charge in [0.1, 0.15) is 16.5 Å². The number of aromatic amines is 1. The van der Waals surface area contributed by atoms with Crippen LogP contribution in [0.4, 0.5) is 0 Å². The normalized spacial score (nSPS) is 13.0. The van der Waals surface area contributed by atoms with E-state index in [0.717, 1.165) is 21.7 Å². The molecule has 0 bridgehead atoms. The molecule has 1 unspecified atom stereocenters. The summed E-state index contributed by atoms with van der Waals surface area (Å²) in [4.78, 5) is 12.0. The number of H-pyrrole nitrogens is 1. The fourth-order valence-corrected chi connectivity index (χ4v) is 2.49. The third kappa shape index (κ3) is 1.85. The zero-order valence-corrected chi connectivity index (χ0v) is 10.5. The first-order valence-corrected chi connectivity index (χ1v) is 6.41. The van der Waals surface area contributed by atoms with Crippen LogP contribution in [0.5, 0.6) is 5.75 Å². The lowest BCUT2D eigenvalue weighted by atomic mass is 10.3. The maximum atomic E-state index is 9.41. The molecule has 0 aliphatic carbocycles. The van der Waals surface area contributed by atoms with Crippen LogP contribution in [0, 0.1) is 0 Å². The van der Waals surface area contributed by atoms with E-state index in [2.05, 4.69) is 15.0 Å². The van der Waals surface area contributed by atoms with Crippen LogP contribution in [0.2, 0.25) is 0 Å². The minimum atomic E-state index is -0.0721. The van der Waals surface area contributed by atoms with E-state index in [9.17, 15) is 5.11 Å². The van der Waals surface area contributed by atoms with Gasteiger partial charge in [0.15, 0.2) is 5.82 Å². The highest BCUT2D eigenvalue weighted by molar-refractivity contribution is 7.10. The van der Waals surface area contributed by atoms with Gasteiger partial charge in [-0.1, -0.05) is 0 Å². The van der Waals surface area contributed by atoms with Crippen LogP contribution in [0.1, 0.15) is 18.0 Å². The van der Waals surface area contributed by atoms with E-state index < -0.39 is 0 Å². The Bertz CT molecular complexity index is 701. The van der Waals surface area contributed by atoms with Gasteiger partial charge in [-0.25, -0.2) is 9.97 Å². The Balaban J connectivity index is 2.07. The molecule has 5 nitrogen and oxygen atoms in total. The van der Waals surface area contributed by atoms with Gasteiger partial charge in [-0.05, 0) is 19.1 Å². The summed E-state index contributed by atoms with van der Waals surface area (Å²) in [7, 11) is 0. The lowest BCUT2D eigenvalue weighted by Crippen LogP contribution is -2.03. The molecule has 0 radical (unpaired) electrons. The summed E-state index contributed by atoms with van der Waals surface area (Å²) in [5, 5.41) is 12.2. The second-order valence-electron chi connectivity index (χ2n) is 4.15. The van der Waals surface area contributed by atoms with E-state index in [1.165, 1.54) is 11.3 Å². The van der Waals surface area contributed by atoms with Gasteiger partial charge >= 0.3 is 0 Å². The summed E-state index contributed by atoms with van der Waals surface area (Å²) < 4.78 is 0. The number of imidazole rings is 1. The fraction of sp³-hybridized carbons (Fsp3) is 0.167. The van der Waals surface area contributed by atoms with Crippen molar-refractivity contribution in [1.82, 2.24) is 15.0 Å². The van der Waals surface area contributed by atoms with Crippen molar-refractivity contribution in [3.63, 3.8) is 0 Å². The average Bonchev–Trinajstić information content (AvgIpc) is 2.93. The zero-order valence-electron chi connectivity index (χ0n) is 9.71. The molecular formula is C12H12N4OS. The van der Waals surface area contributed by atoms with Crippen molar-refractivity contribution in [2.24, 2.45) is 5.73 Å². The maximum absolute atomic E-state index is 9.41. The van der Waals surface area contributed by atoms with Crippen molar-refractivity contribution in [1.29, 1.82) is 0 Å². The summed E-state index contributed by atoms with van der Waals surface area (Å²) >= 11 is 1.52. The van der Waals surface area contributed by atoms with E-state index in [4.69, 9.17) is 5.73 Å². The van der Waals surface area contributed by atoms with Gasteiger partial charge in [-0.15, -0.1) is 11.3 Å². The van der Waals surface area contributed by atoms with Crippen molar-refractivity contribution >= 4 is 22.4 Å². The molecule has 18 heavy (non-hydrogen) atoms. The van der Waals surface area contributed by atoms with Crippen molar-refractivity contribution < 1.29 is 5.11 Å². The molecule has 1 atom stereocenters. The van der Waals surface area contributed by atoms with Crippen LogP contribution in [0.3, 0.4) is 0 Å². The monoisotopic (exact) mass is 260 g/mol. The first-order chi connectivity index (χ1) is 8.63. The summed E-state index contributed by atoms with van der Waals surface area (Å²) in [5.41, 5.74) is 8.16. The highest BCUT2D eigenvalue weighted by Crippen LogP contribution is 2.25. The summed E-state index contributed by atoms with van der Waals surface area (Å²) in [5.74, 6) is 0.908. The fourth-order valence-electron chi connectivity index (χ4n) is 1.72. The Morgan fingerprint density at radius 3 is 2.94 bits per heavy atom. The molecule has 0 fully saturated rings. The second-order valence-corrected chi connectivity index (χ2v) is 5.04. The molecule has 0 saturated heterocycles. The smallest absolute Gasteiger partial charge is 0.158 e. The Hall–Kier alpha value is -1.92. The molecule has 4 N–H and O–H groups in total. The number of aromatic hydroxyl groups is 1. The quantitative estimate of drug-likeness (QED) is 0.660. The zero-order chi connectivity index (χ0) is 12.7. The van der Waals surface area contributed by atoms with Crippen LogP contribution in [-0.4, -0.2) is 20.1 Å². The number of phenolic OH excluding ortho intramolecular Hbond substituents is 1. The van der Waals surface area contributed by atoms with E-state index in [-0.39, 0.29) is 11.8 Å². The lowest BCUT2D eigenvalue weighted by molar-refractivity contribution is 0.476. The van der Waals surface area contributed by atoms with E-state index in [1.54, 1.807) is 18.2 Å². The van der Waals surface area contributed by atoms with Crippen LogP contribution in [0.25, 0.3) is 22.6 Å². The second kappa shape index (κ2) is 4.08. The molecule has 0 aliphatic heterocycles. The molecule has 0 amide bonds. The Morgan fingerprint density at radius 2 is 2.22 bits per heavy atom. The Morgan fingerprint density at radius 1 is 1.39 bits per heavy atom. The first kappa shape index (κ1) is 11.2. The molecule has 3 rings (SSSR count). The molecule has 6 heteroatoms. The van der Waals surface area contributed by atoms with E-state index in [0.29, 0.717) is 5.82 Å². The number of nitrogens with one attached hydrogen (secondary N) is 1. The van der Waals surface area contributed by atoms with Crippen LogP contribution < -0.4 is 5.73 Å². The topological polar surface area (TPSA) is 87.8 Å². The molecule has 3 aromatic rings. The number of thiazole rings is 1. The summed E-state index contributed by atoms with van der Waals surface area (Å²) in [6.07, 6.45) is 0. The number of nitrogens with zero attached hydrogens (tertiary/aromatic N) is 2. The van der Waals surface area contributed by atoms with Crippen molar-refractivity contribution in [3.8, 4) is 17.3 Å². The van der Waals surface area contributed by atoms with E-state index in [1.807, 2.05) is 12.3 Å². The predicted octanol–water partition coefficient (Wildman–Crippen LogP) is 2.41. The van der Waals surface area contributed by atoms with Gasteiger partial charge in [0, 0.05) is 11.4 Å². The molecule has 0 spiro atoms. The first-order valence-electron chi connectivity index (χ1n) is 5.53. The lowest BCUT2D eigenvalue weighted by Gasteiger charge is -1.96. The molecule has 92 valence electrons. The number of nitrogens with two attached hydrogens (primary N) is 1. The van der Waals surface area contributed by atoms with Crippen molar-refractivity contribution in [2.75, 3.05) is 0 Å². The Labute approximate surface area is 107 Å². The number of phenols is 1. The van der Waals surface area contributed by atoms with Crippen molar-refractivity contribution in [3.05, 3.63) is 28.6 Å². The molecule has 2 heterocycles. The largest absolute Gasteiger partial charge is 0.508 e. The number of hydrogen-bond donors (Lipinski definition) is 3. The number of benzene rings is 1. The van der Waals surface area contributed by atoms with Crippen LogP contribution in [-0.2, 0) is 0 Å². The highest BCUT2D eigenvalue weighted by Gasteiger charge is 2.11. The minimum Gasteiger partial charge on any atom is -0.508 e. The SMILES string of the molecule is CC(N)c1nc(-c2nc3ccc(O)cc3[nH]2)cs1. The minimum absolute atomic E-state index is 0.0721. The third-order valence-electron chi connectivity index (χ3n) is 2.62. The number of hydrogen-bond acceptors (Lipinski definition) is 5. The van der Waals surface area contributed by atoms with Crippen LogP contribution >= 0.6 is 11.3 Å². The van der Waals surface area contributed by atoms with Gasteiger partial charge in [0.05, 0.1) is 17.1 Å². The number of aromatic nitrogens is 3. The van der Waals surface area contributed by atoms with Crippen molar-refractivity contribution in [2.45, 2.75) is 13.0 Å². The molecule has 1 aromatic carbocycles. The summed E-state index contributed by atoms with van der Waals surface area (Å²) in [6.45, 7) is 1.90. The standard InChI is InChI=1S/C12H12N4OS/c1-6(13)12-16-10(5-18-12)11-14-8-3-2-7(17)4-9(8)15-11/h2-6,17H,13H2,1H3,(H,14,15). The predicted molar refractivity (Wildman–Crippen MR) is 71.5 cm³/mol. The van der Waals surface area contributed by atoms with Crippen LogP contribution in [0.15, 0.2) is 23.6 Å². The van der Waals surface area contributed by atoms with Gasteiger partial charge in [-0.3, -0.25) is 0 Å². The average molecular weight is 260 g/mol. The van der Waals surface area contributed by atoms with Gasteiger partial charge in [0.25, 0.3) is 0 Å². The molecular weight excluding hydrogens is 248 g/mol. The third-order valence-corrected chi connectivity index (χ3v) is 3.67. The van der Waals surface area contributed by atoms with Gasteiger partial charge in [-0.2, -0.15) is 0 Å². The number of rotatable bonds is 2. The number of fused-ring (bicyclic) bond motifs is 1. The summed E-state index contributed by atoms with van der Waals surface area (Å²) in [6, 6.07) is 4.95. The Kier molecular flexibility index (Phi) is 2.53. The van der Waals surface area contributed by atoms with Gasteiger partial charge in [0.2, 0.25) is 0 Å². The molecule has 2 aromatic heterocycles. The molecule has 0 saturated carbocycles. The van der Waals surface area contributed by atoms with E-state index >= 15 is 0 Å².